The molecule has 1 unspecified atom stereocenters. The molecule has 1 aliphatic heterocycles. The molecule has 0 aromatic rings. The van der Waals surface area contributed by atoms with Crippen molar-refractivity contribution in [1.29, 1.82) is 0 Å². The zero-order valence-corrected chi connectivity index (χ0v) is 16.6. The van der Waals surface area contributed by atoms with Gasteiger partial charge in [-0.25, -0.2) is 9.59 Å². The van der Waals surface area contributed by atoms with Crippen LogP contribution >= 0.6 is 0 Å². The normalized spacial score (nSPS) is 20.9. The zero-order chi connectivity index (χ0) is 20.1. The van der Waals surface area contributed by atoms with Gasteiger partial charge in [-0.3, -0.25) is 4.79 Å². The van der Waals surface area contributed by atoms with E-state index in [4.69, 9.17) is 4.74 Å². The average Bonchev–Trinajstić information content (AvgIpc) is 3.04. The number of likely N-dealkylation sites (tertiary alicyclic amines) is 1. The van der Waals surface area contributed by atoms with Crippen LogP contribution in [0.25, 0.3) is 0 Å². The lowest BCUT2D eigenvalue weighted by Gasteiger charge is -2.33. The van der Waals surface area contributed by atoms with Gasteiger partial charge in [0, 0.05) is 6.54 Å². The van der Waals surface area contributed by atoms with Gasteiger partial charge in [-0.15, -0.1) is 0 Å². The molecule has 0 aromatic carbocycles. The number of rotatable bonds is 6. The number of hydrogen-bond donors (Lipinski definition) is 2. The molecular formula is C18H32N2O6. The first-order valence-electron chi connectivity index (χ1n) is 9.07. The molecule has 2 amide bonds. The molecule has 1 heterocycles. The molecule has 1 fully saturated rings. The smallest absolute Gasteiger partial charge is 0.408 e. The van der Waals surface area contributed by atoms with E-state index in [0.717, 1.165) is 0 Å². The standard InChI is InChI=1S/C18H32N2O6/c1-7-11(2)13(19-17(24)26-18(3,4)5)15(22)20-10-8-9-12(20)14(21)16(23)25-6/h11-14,21H,7-10H2,1-6H3,(H,19,24)/t11-,12-,13-,14?/m0/s1. The Morgan fingerprint density at radius 1 is 1.31 bits per heavy atom. The van der Waals surface area contributed by atoms with Gasteiger partial charge in [0.05, 0.1) is 13.2 Å². The molecule has 1 aliphatic rings. The number of carbonyl (C=O) groups is 3. The van der Waals surface area contributed by atoms with E-state index in [0.29, 0.717) is 25.8 Å². The van der Waals surface area contributed by atoms with E-state index in [1.165, 1.54) is 12.0 Å². The molecule has 150 valence electrons. The Morgan fingerprint density at radius 2 is 1.92 bits per heavy atom. The molecule has 0 bridgehead atoms. The van der Waals surface area contributed by atoms with Crippen LogP contribution in [0.15, 0.2) is 0 Å². The average molecular weight is 372 g/mol. The van der Waals surface area contributed by atoms with Crippen molar-refractivity contribution in [3.05, 3.63) is 0 Å². The summed E-state index contributed by atoms with van der Waals surface area (Å²) in [5.74, 6) is -1.22. The molecule has 0 aliphatic carbocycles. The minimum atomic E-state index is -1.40. The Kier molecular flexibility index (Phi) is 7.87. The summed E-state index contributed by atoms with van der Waals surface area (Å²) in [7, 11) is 1.19. The van der Waals surface area contributed by atoms with Crippen molar-refractivity contribution in [2.45, 2.75) is 77.7 Å². The van der Waals surface area contributed by atoms with Crippen LogP contribution in [0.1, 0.15) is 53.9 Å². The van der Waals surface area contributed by atoms with Crippen molar-refractivity contribution in [2.24, 2.45) is 5.92 Å². The molecule has 1 rings (SSSR count). The molecule has 0 spiro atoms. The lowest BCUT2D eigenvalue weighted by atomic mass is 9.97. The minimum Gasteiger partial charge on any atom is -0.467 e. The second kappa shape index (κ2) is 9.21. The largest absolute Gasteiger partial charge is 0.467 e. The first-order chi connectivity index (χ1) is 12.0. The fraction of sp³-hybridized carbons (Fsp3) is 0.833. The fourth-order valence-electron chi connectivity index (χ4n) is 2.97. The molecule has 0 radical (unpaired) electrons. The fourth-order valence-corrected chi connectivity index (χ4v) is 2.97. The van der Waals surface area contributed by atoms with Gasteiger partial charge in [0.15, 0.2) is 6.10 Å². The second-order valence-corrected chi connectivity index (χ2v) is 7.72. The number of aliphatic hydroxyl groups is 1. The minimum absolute atomic E-state index is 0.133. The SMILES string of the molecule is CC[C@H](C)[C@H](NC(=O)OC(C)(C)C)C(=O)N1CCC[C@H]1C(O)C(=O)OC. The predicted molar refractivity (Wildman–Crippen MR) is 95.4 cm³/mol. The van der Waals surface area contributed by atoms with Crippen molar-refractivity contribution < 1.29 is 29.0 Å². The van der Waals surface area contributed by atoms with Crippen LogP contribution in [0, 0.1) is 5.92 Å². The van der Waals surface area contributed by atoms with Crippen LogP contribution in [0.4, 0.5) is 4.79 Å². The Bertz CT molecular complexity index is 516. The molecular weight excluding hydrogens is 340 g/mol. The van der Waals surface area contributed by atoms with Gasteiger partial charge in [0.1, 0.15) is 11.6 Å². The number of carbonyl (C=O) groups excluding carboxylic acids is 3. The summed E-state index contributed by atoms with van der Waals surface area (Å²) >= 11 is 0. The van der Waals surface area contributed by atoms with Crippen molar-refractivity contribution in [3.63, 3.8) is 0 Å². The number of hydrogen-bond acceptors (Lipinski definition) is 6. The third-order valence-corrected chi connectivity index (χ3v) is 4.54. The lowest BCUT2D eigenvalue weighted by Crippen LogP contribution is -2.56. The highest BCUT2D eigenvalue weighted by molar-refractivity contribution is 5.87. The van der Waals surface area contributed by atoms with Gasteiger partial charge >= 0.3 is 12.1 Å². The summed E-state index contributed by atoms with van der Waals surface area (Å²) in [6.45, 7) is 9.44. The number of nitrogens with zero attached hydrogens (tertiary/aromatic N) is 1. The second-order valence-electron chi connectivity index (χ2n) is 7.72. The Labute approximate surface area is 155 Å². The van der Waals surface area contributed by atoms with E-state index in [9.17, 15) is 19.5 Å². The third kappa shape index (κ3) is 5.86. The van der Waals surface area contributed by atoms with E-state index in [2.05, 4.69) is 10.1 Å². The molecule has 2 N–H and O–H groups in total. The summed E-state index contributed by atoms with van der Waals surface area (Å²) in [4.78, 5) is 38.3. The first-order valence-corrected chi connectivity index (χ1v) is 9.07. The summed E-state index contributed by atoms with van der Waals surface area (Å²) < 4.78 is 9.85. The van der Waals surface area contributed by atoms with E-state index >= 15 is 0 Å². The lowest BCUT2D eigenvalue weighted by molar-refractivity contribution is -0.155. The van der Waals surface area contributed by atoms with Gasteiger partial charge in [-0.05, 0) is 39.5 Å². The number of alkyl carbamates (subject to hydrolysis) is 1. The maximum Gasteiger partial charge on any atom is 0.408 e. The van der Waals surface area contributed by atoms with E-state index in [-0.39, 0.29) is 11.8 Å². The predicted octanol–water partition coefficient (Wildman–Crippen LogP) is 1.45. The number of nitrogens with one attached hydrogen (secondary N) is 1. The molecule has 0 aromatic heterocycles. The molecule has 8 nitrogen and oxygen atoms in total. The number of aliphatic hydroxyl groups excluding tert-OH is 1. The first kappa shape index (κ1) is 22.2. The van der Waals surface area contributed by atoms with Crippen molar-refractivity contribution >= 4 is 18.0 Å². The van der Waals surface area contributed by atoms with Crippen LogP contribution in [0.2, 0.25) is 0 Å². The number of methoxy groups -OCH3 is 1. The molecule has 4 atom stereocenters. The van der Waals surface area contributed by atoms with E-state index in [1.807, 2.05) is 13.8 Å². The van der Waals surface area contributed by atoms with Crippen LogP contribution in [-0.4, -0.2) is 65.4 Å². The highest BCUT2D eigenvalue weighted by Gasteiger charge is 2.41. The summed E-state index contributed by atoms with van der Waals surface area (Å²) in [5.41, 5.74) is -0.676. The maximum absolute atomic E-state index is 13.1. The van der Waals surface area contributed by atoms with E-state index in [1.54, 1.807) is 20.8 Å². The Hall–Kier alpha value is -1.83. The van der Waals surface area contributed by atoms with Crippen LogP contribution < -0.4 is 5.32 Å². The molecule has 8 heteroatoms. The van der Waals surface area contributed by atoms with Crippen molar-refractivity contribution in [3.8, 4) is 0 Å². The van der Waals surface area contributed by atoms with Crippen LogP contribution in [0.5, 0.6) is 0 Å². The summed E-state index contributed by atoms with van der Waals surface area (Å²) in [6, 6.07) is -1.44. The Balaban J connectivity index is 2.94. The zero-order valence-electron chi connectivity index (χ0n) is 16.6. The maximum atomic E-state index is 13.1. The number of esters is 1. The highest BCUT2D eigenvalue weighted by Crippen LogP contribution is 2.24. The Morgan fingerprint density at radius 3 is 2.42 bits per heavy atom. The third-order valence-electron chi connectivity index (χ3n) is 4.54. The topological polar surface area (TPSA) is 105 Å². The molecule has 0 saturated carbocycles. The quantitative estimate of drug-likeness (QED) is 0.684. The number of ether oxygens (including phenoxy) is 2. The van der Waals surface area contributed by atoms with Crippen molar-refractivity contribution in [2.75, 3.05) is 13.7 Å². The van der Waals surface area contributed by atoms with Gasteiger partial charge in [0.2, 0.25) is 5.91 Å². The highest BCUT2D eigenvalue weighted by atomic mass is 16.6. The van der Waals surface area contributed by atoms with E-state index < -0.39 is 35.9 Å². The molecule has 1 saturated heterocycles. The summed E-state index contributed by atoms with van der Waals surface area (Å²) in [5, 5.41) is 12.8. The van der Waals surface area contributed by atoms with Gasteiger partial charge < -0.3 is 24.8 Å². The van der Waals surface area contributed by atoms with Gasteiger partial charge in [-0.2, -0.15) is 0 Å². The molecule has 26 heavy (non-hydrogen) atoms. The summed E-state index contributed by atoms with van der Waals surface area (Å²) in [6.07, 6.45) is -0.221. The monoisotopic (exact) mass is 372 g/mol. The number of amides is 2. The van der Waals surface area contributed by atoms with Gasteiger partial charge in [-0.1, -0.05) is 20.3 Å². The van der Waals surface area contributed by atoms with Gasteiger partial charge in [0.25, 0.3) is 0 Å². The van der Waals surface area contributed by atoms with Crippen LogP contribution in [0.3, 0.4) is 0 Å². The van der Waals surface area contributed by atoms with Crippen LogP contribution in [-0.2, 0) is 19.1 Å². The van der Waals surface area contributed by atoms with Crippen molar-refractivity contribution in [1.82, 2.24) is 10.2 Å².